The number of benzene rings is 1. The predicted octanol–water partition coefficient (Wildman–Crippen LogP) is 1.95. The van der Waals surface area contributed by atoms with Crippen LogP contribution in [-0.2, 0) is 4.79 Å². The van der Waals surface area contributed by atoms with Gasteiger partial charge in [0.2, 0.25) is 0 Å². The topological polar surface area (TPSA) is 84.9 Å². The number of carbonyl (C=O) groups is 2. The standard InChI is InChI=1S/C14H16ClNO5/c1-8(4-12(17)18)7-16-14(19)9-5-10(15)13-11(6-9)20-2-3-21-13/h5-6,8H,2-4,7H2,1H3,(H,16,19)(H,17,18). The summed E-state index contributed by atoms with van der Waals surface area (Å²) in [7, 11) is 0. The lowest BCUT2D eigenvalue weighted by Gasteiger charge is -2.20. The maximum atomic E-state index is 12.1. The number of hydrogen-bond donors (Lipinski definition) is 2. The molecule has 1 heterocycles. The molecule has 21 heavy (non-hydrogen) atoms. The molecule has 0 fully saturated rings. The summed E-state index contributed by atoms with van der Waals surface area (Å²) >= 11 is 6.06. The van der Waals surface area contributed by atoms with Crippen LogP contribution in [0.5, 0.6) is 11.5 Å². The Bertz CT molecular complexity index is 561. The number of carbonyl (C=O) groups excluding carboxylic acids is 1. The molecule has 0 saturated heterocycles. The molecule has 1 aromatic rings. The molecule has 0 radical (unpaired) electrons. The van der Waals surface area contributed by atoms with Gasteiger partial charge in [-0.2, -0.15) is 0 Å². The molecule has 0 aromatic heterocycles. The molecule has 1 aromatic carbocycles. The van der Waals surface area contributed by atoms with E-state index in [0.717, 1.165) is 0 Å². The van der Waals surface area contributed by atoms with E-state index >= 15 is 0 Å². The van der Waals surface area contributed by atoms with Gasteiger partial charge in [-0.15, -0.1) is 0 Å². The van der Waals surface area contributed by atoms with Crippen molar-refractivity contribution in [2.24, 2.45) is 5.92 Å². The van der Waals surface area contributed by atoms with Crippen LogP contribution in [0.1, 0.15) is 23.7 Å². The van der Waals surface area contributed by atoms with Gasteiger partial charge in [-0.05, 0) is 18.1 Å². The number of hydrogen-bond acceptors (Lipinski definition) is 4. The van der Waals surface area contributed by atoms with Crippen molar-refractivity contribution in [3.05, 3.63) is 22.7 Å². The third-order valence-electron chi connectivity index (χ3n) is 2.99. The fraction of sp³-hybridized carbons (Fsp3) is 0.429. The Labute approximate surface area is 127 Å². The van der Waals surface area contributed by atoms with Gasteiger partial charge in [-0.25, -0.2) is 0 Å². The first kappa shape index (κ1) is 15.4. The molecule has 0 spiro atoms. The van der Waals surface area contributed by atoms with Gasteiger partial charge in [0.1, 0.15) is 13.2 Å². The van der Waals surface area contributed by atoms with Crippen molar-refractivity contribution in [3.8, 4) is 11.5 Å². The van der Waals surface area contributed by atoms with Gasteiger partial charge in [0, 0.05) is 18.5 Å². The van der Waals surface area contributed by atoms with Gasteiger partial charge >= 0.3 is 5.97 Å². The minimum absolute atomic E-state index is 0.00216. The van der Waals surface area contributed by atoms with E-state index in [-0.39, 0.29) is 24.8 Å². The molecule has 0 aliphatic carbocycles. The molecule has 114 valence electrons. The van der Waals surface area contributed by atoms with Crippen molar-refractivity contribution in [3.63, 3.8) is 0 Å². The number of carboxylic acids is 1. The summed E-state index contributed by atoms with van der Waals surface area (Å²) in [6, 6.07) is 3.07. The van der Waals surface area contributed by atoms with Crippen LogP contribution >= 0.6 is 11.6 Å². The molecule has 7 heteroatoms. The summed E-state index contributed by atoms with van der Waals surface area (Å²) in [4.78, 5) is 22.6. The highest BCUT2D eigenvalue weighted by atomic mass is 35.5. The zero-order valence-electron chi connectivity index (χ0n) is 11.5. The number of halogens is 1. The second kappa shape index (κ2) is 6.67. The largest absolute Gasteiger partial charge is 0.486 e. The van der Waals surface area contributed by atoms with Crippen LogP contribution in [0.15, 0.2) is 12.1 Å². The highest BCUT2D eigenvalue weighted by Crippen LogP contribution is 2.38. The van der Waals surface area contributed by atoms with Gasteiger partial charge < -0.3 is 19.9 Å². The van der Waals surface area contributed by atoms with Gasteiger partial charge in [0.05, 0.1) is 5.02 Å². The second-order valence-corrected chi connectivity index (χ2v) is 5.30. The van der Waals surface area contributed by atoms with Crippen molar-refractivity contribution in [2.75, 3.05) is 19.8 Å². The normalized spacial score (nSPS) is 14.4. The van der Waals surface area contributed by atoms with Crippen LogP contribution in [0.3, 0.4) is 0 Å². The van der Waals surface area contributed by atoms with E-state index in [4.69, 9.17) is 26.2 Å². The molecule has 1 aliphatic rings. The van der Waals surface area contributed by atoms with Crippen LogP contribution < -0.4 is 14.8 Å². The third kappa shape index (κ3) is 4.01. The Morgan fingerprint density at radius 3 is 2.81 bits per heavy atom. The van der Waals surface area contributed by atoms with Gasteiger partial charge in [-0.3, -0.25) is 9.59 Å². The molecule has 1 atom stereocenters. The molecule has 1 unspecified atom stereocenters. The highest BCUT2D eigenvalue weighted by molar-refractivity contribution is 6.32. The minimum Gasteiger partial charge on any atom is -0.486 e. The average molecular weight is 314 g/mol. The van der Waals surface area contributed by atoms with Crippen molar-refractivity contribution in [2.45, 2.75) is 13.3 Å². The van der Waals surface area contributed by atoms with E-state index in [0.29, 0.717) is 35.3 Å². The zero-order chi connectivity index (χ0) is 15.4. The summed E-state index contributed by atoms with van der Waals surface area (Å²) in [5.41, 5.74) is 0.353. The summed E-state index contributed by atoms with van der Waals surface area (Å²) in [6.45, 7) is 2.86. The average Bonchev–Trinajstić information content (AvgIpc) is 2.44. The van der Waals surface area contributed by atoms with Crippen LogP contribution in [-0.4, -0.2) is 36.7 Å². The quantitative estimate of drug-likeness (QED) is 0.868. The monoisotopic (exact) mass is 313 g/mol. The Morgan fingerprint density at radius 1 is 1.38 bits per heavy atom. The first-order chi connectivity index (χ1) is 9.97. The van der Waals surface area contributed by atoms with Crippen molar-refractivity contribution < 1.29 is 24.2 Å². The lowest BCUT2D eigenvalue weighted by atomic mass is 10.1. The van der Waals surface area contributed by atoms with E-state index in [1.54, 1.807) is 13.0 Å². The highest BCUT2D eigenvalue weighted by Gasteiger charge is 2.19. The van der Waals surface area contributed by atoms with Crippen molar-refractivity contribution >= 4 is 23.5 Å². The Kier molecular flexibility index (Phi) is 4.90. The zero-order valence-corrected chi connectivity index (χ0v) is 12.3. The number of aliphatic carboxylic acids is 1. The Hall–Kier alpha value is -1.95. The summed E-state index contributed by atoms with van der Waals surface area (Å²) < 4.78 is 10.8. The van der Waals surface area contributed by atoms with Crippen LogP contribution in [0.4, 0.5) is 0 Å². The number of amides is 1. The summed E-state index contributed by atoms with van der Waals surface area (Å²) in [6.07, 6.45) is 0.00216. The van der Waals surface area contributed by atoms with E-state index in [1.807, 2.05) is 0 Å². The molecule has 2 N–H and O–H groups in total. The summed E-state index contributed by atoms with van der Waals surface area (Å²) in [5.74, 6) is -0.486. The number of ether oxygens (including phenoxy) is 2. The van der Waals surface area contributed by atoms with E-state index < -0.39 is 5.97 Å². The Morgan fingerprint density at radius 2 is 2.10 bits per heavy atom. The van der Waals surface area contributed by atoms with Crippen LogP contribution in [0.25, 0.3) is 0 Å². The first-order valence-corrected chi connectivity index (χ1v) is 6.94. The van der Waals surface area contributed by atoms with Gasteiger partial charge in [0.25, 0.3) is 5.91 Å². The minimum atomic E-state index is -0.890. The van der Waals surface area contributed by atoms with E-state index in [2.05, 4.69) is 5.32 Å². The van der Waals surface area contributed by atoms with Gasteiger partial charge in [-0.1, -0.05) is 18.5 Å². The maximum absolute atomic E-state index is 12.1. The van der Waals surface area contributed by atoms with Crippen LogP contribution in [0.2, 0.25) is 5.02 Å². The lowest BCUT2D eigenvalue weighted by molar-refractivity contribution is -0.137. The number of rotatable bonds is 5. The number of nitrogens with one attached hydrogen (secondary N) is 1. The van der Waals surface area contributed by atoms with E-state index in [9.17, 15) is 9.59 Å². The molecule has 0 bridgehead atoms. The second-order valence-electron chi connectivity index (χ2n) is 4.90. The molecule has 6 nitrogen and oxygen atoms in total. The molecule has 2 rings (SSSR count). The molecular formula is C14H16ClNO5. The molecule has 1 amide bonds. The number of carboxylic acid groups (broad SMARTS) is 1. The van der Waals surface area contributed by atoms with E-state index in [1.165, 1.54) is 6.07 Å². The lowest BCUT2D eigenvalue weighted by Crippen LogP contribution is -2.29. The summed E-state index contributed by atoms with van der Waals surface area (Å²) in [5, 5.41) is 11.7. The third-order valence-corrected chi connectivity index (χ3v) is 3.27. The van der Waals surface area contributed by atoms with Gasteiger partial charge in [0.15, 0.2) is 11.5 Å². The van der Waals surface area contributed by atoms with Crippen LogP contribution in [0, 0.1) is 5.92 Å². The molecule has 1 aliphatic heterocycles. The SMILES string of the molecule is CC(CNC(=O)c1cc(Cl)c2c(c1)OCCO2)CC(=O)O. The van der Waals surface area contributed by atoms with Crippen molar-refractivity contribution in [1.82, 2.24) is 5.32 Å². The van der Waals surface area contributed by atoms with Crippen molar-refractivity contribution in [1.29, 1.82) is 0 Å². The fourth-order valence-corrected chi connectivity index (χ4v) is 2.25. The maximum Gasteiger partial charge on any atom is 0.303 e. The fourth-order valence-electron chi connectivity index (χ4n) is 1.98. The smallest absolute Gasteiger partial charge is 0.303 e. The molecule has 0 saturated carbocycles. The molecular weight excluding hydrogens is 298 g/mol. The Balaban J connectivity index is 2.03. The predicted molar refractivity (Wildman–Crippen MR) is 76.2 cm³/mol. The first-order valence-electron chi connectivity index (χ1n) is 6.56. The number of fused-ring (bicyclic) bond motifs is 1.